The molecule has 1 aliphatic rings. The van der Waals surface area contributed by atoms with Crippen LogP contribution in [0.25, 0.3) is 0 Å². The Labute approximate surface area is 128 Å². The third kappa shape index (κ3) is 3.93. The first-order valence-corrected chi connectivity index (χ1v) is 8.09. The maximum atomic E-state index is 12.2. The molecule has 2 atom stereocenters. The number of hydrogen-bond acceptors (Lipinski definition) is 4. The fourth-order valence-corrected chi connectivity index (χ4v) is 3.30. The normalized spacial score (nSPS) is 22.1. The number of carboxylic acids is 1. The molecular formula is C14H21N3O3S. The quantitative estimate of drug-likeness (QED) is 0.893. The van der Waals surface area contributed by atoms with Crippen molar-refractivity contribution in [3.8, 4) is 0 Å². The molecule has 0 radical (unpaired) electrons. The molecule has 2 N–H and O–H groups in total. The van der Waals surface area contributed by atoms with E-state index in [0.717, 1.165) is 18.0 Å². The van der Waals surface area contributed by atoms with Gasteiger partial charge in [-0.15, -0.1) is 11.3 Å². The summed E-state index contributed by atoms with van der Waals surface area (Å²) in [6.45, 7) is 5.54. The molecule has 6 nitrogen and oxygen atoms in total. The van der Waals surface area contributed by atoms with Gasteiger partial charge in [-0.1, -0.05) is 6.92 Å². The fourth-order valence-electron chi connectivity index (χ4n) is 2.52. The first kappa shape index (κ1) is 15.8. The zero-order chi connectivity index (χ0) is 15.4. The summed E-state index contributed by atoms with van der Waals surface area (Å²) in [5.74, 6) is -0.487. The largest absolute Gasteiger partial charge is 0.476 e. The lowest BCUT2D eigenvalue weighted by atomic mass is 9.92. The van der Waals surface area contributed by atoms with Crippen molar-refractivity contribution >= 4 is 23.3 Å². The van der Waals surface area contributed by atoms with E-state index >= 15 is 0 Å². The highest BCUT2D eigenvalue weighted by atomic mass is 32.1. The van der Waals surface area contributed by atoms with Gasteiger partial charge in [-0.2, -0.15) is 0 Å². The monoisotopic (exact) mass is 311 g/mol. The number of likely N-dealkylation sites (tertiary alicyclic amines) is 1. The number of carboxylic acid groups (broad SMARTS) is 1. The molecule has 116 valence electrons. The lowest BCUT2D eigenvalue weighted by Gasteiger charge is -2.37. The van der Waals surface area contributed by atoms with Gasteiger partial charge in [0, 0.05) is 30.9 Å². The summed E-state index contributed by atoms with van der Waals surface area (Å²) in [5, 5.41) is 14.0. The van der Waals surface area contributed by atoms with Gasteiger partial charge in [-0.3, -0.25) is 0 Å². The van der Waals surface area contributed by atoms with E-state index in [1.54, 1.807) is 0 Å². The van der Waals surface area contributed by atoms with Crippen LogP contribution in [-0.2, 0) is 6.42 Å². The van der Waals surface area contributed by atoms with Gasteiger partial charge in [0.1, 0.15) is 0 Å². The van der Waals surface area contributed by atoms with E-state index in [-0.39, 0.29) is 17.8 Å². The first-order valence-electron chi connectivity index (χ1n) is 7.21. The van der Waals surface area contributed by atoms with Crippen LogP contribution in [0.2, 0.25) is 0 Å². The number of carbonyl (C=O) groups excluding carboxylic acids is 1. The zero-order valence-corrected chi connectivity index (χ0v) is 13.2. The summed E-state index contributed by atoms with van der Waals surface area (Å²) >= 11 is 1.31. The van der Waals surface area contributed by atoms with Crippen molar-refractivity contribution in [3.63, 3.8) is 0 Å². The average molecular weight is 311 g/mol. The van der Waals surface area contributed by atoms with E-state index < -0.39 is 5.97 Å². The SMILES string of the molecule is CC1CCCN(C(=O)NCCc2nc(C(=O)O)cs2)C1C. The Hall–Kier alpha value is -1.63. The molecule has 1 fully saturated rings. The van der Waals surface area contributed by atoms with Crippen molar-refractivity contribution in [1.82, 2.24) is 15.2 Å². The predicted molar refractivity (Wildman–Crippen MR) is 80.7 cm³/mol. The molecule has 1 saturated heterocycles. The van der Waals surface area contributed by atoms with Gasteiger partial charge in [-0.25, -0.2) is 14.6 Å². The van der Waals surface area contributed by atoms with Crippen LogP contribution >= 0.6 is 11.3 Å². The van der Waals surface area contributed by atoms with Crippen molar-refractivity contribution in [2.45, 2.75) is 39.2 Å². The van der Waals surface area contributed by atoms with Crippen molar-refractivity contribution in [2.75, 3.05) is 13.1 Å². The summed E-state index contributed by atoms with van der Waals surface area (Å²) in [6, 6.07) is 0.223. The Morgan fingerprint density at radius 3 is 2.95 bits per heavy atom. The highest BCUT2D eigenvalue weighted by Gasteiger charge is 2.27. The van der Waals surface area contributed by atoms with E-state index in [2.05, 4.69) is 24.1 Å². The molecule has 2 rings (SSSR count). The molecule has 21 heavy (non-hydrogen) atoms. The number of amides is 2. The number of carbonyl (C=O) groups is 2. The van der Waals surface area contributed by atoms with E-state index in [9.17, 15) is 9.59 Å². The molecule has 2 unspecified atom stereocenters. The van der Waals surface area contributed by atoms with Crippen LogP contribution in [0.5, 0.6) is 0 Å². The molecule has 7 heteroatoms. The summed E-state index contributed by atoms with van der Waals surface area (Å²) in [6.07, 6.45) is 2.77. The lowest BCUT2D eigenvalue weighted by molar-refractivity contribution is 0.0691. The standard InChI is InChI=1S/C14H21N3O3S/c1-9-4-3-7-17(10(9)2)14(20)15-6-5-12-16-11(8-21-12)13(18)19/h8-10H,3-7H2,1-2H3,(H,15,20)(H,18,19). The molecule has 0 saturated carbocycles. The second-order valence-corrected chi connectivity index (χ2v) is 6.41. The number of urea groups is 1. The minimum absolute atomic E-state index is 0.0379. The third-order valence-electron chi connectivity index (χ3n) is 4.02. The second kappa shape index (κ2) is 6.89. The van der Waals surface area contributed by atoms with Crippen LogP contribution in [0.3, 0.4) is 0 Å². The van der Waals surface area contributed by atoms with E-state index in [4.69, 9.17) is 5.11 Å². The average Bonchev–Trinajstić information content (AvgIpc) is 2.91. The van der Waals surface area contributed by atoms with Gasteiger partial charge < -0.3 is 15.3 Å². The number of rotatable bonds is 4. The number of aromatic nitrogens is 1. The topological polar surface area (TPSA) is 82.5 Å². The lowest BCUT2D eigenvalue weighted by Crippen LogP contribution is -2.50. The van der Waals surface area contributed by atoms with Gasteiger partial charge >= 0.3 is 12.0 Å². The van der Waals surface area contributed by atoms with E-state index in [0.29, 0.717) is 18.9 Å². The van der Waals surface area contributed by atoms with Crippen molar-refractivity contribution in [3.05, 3.63) is 16.1 Å². The second-order valence-electron chi connectivity index (χ2n) is 5.47. The maximum Gasteiger partial charge on any atom is 0.355 e. The maximum absolute atomic E-state index is 12.2. The van der Waals surface area contributed by atoms with Gasteiger partial charge in [0.2, 0.25) is 0 Å². The summed E-state index contributed by atoms with van der Waals surface area (Å²) in [7, 11) is 0. The highest BCUT2D eigenvalue weighted by Crippen LogP contribution is 2.22. The van der Waals surface area contributed by atoms with Crippen LogP contribution in [0.4, 0.5) is 4.79 Å². The molecule has 0 spiro atoms. The fraction of sp³-hybridized carbons (Fsp3) is 0.643. The van der Waals surface area contributed by atoms with Gasteiger partial charge in [-0.05, 0) is 25.7 Å². The van der Waals surface area contributed by atoms with Crippen LogP contribution in [0.15, 0.2) is 5.38 Å². The Kier molecular flexibility index (Phi) is 5.17. The molecule has 2 heterocycles. The Morgan fingerprint density at radius 1 is 1.52 bits per heavy atom. The molecule has 2 amide bonds. The molecule has 1 aliphatic heterocycles. The van der Waals surface area contributed by atoms with Gasteiger partial charge in [0.15, 0.2) is 5.69 Å². The first-order chi connectivity index (χ1) is 9.99. The van der Waals surface area contributed by atoms with Crippen LogP contribution in [-0.4, -0.2) is 46.1 Å². The third-order valence-corrected chi connectivity index (χ3v) is 4.93. The number of aromatic carboxylic acids is 1. The summed E-state index contributed by atoms with van der Waals surface area (Å²) in [5.41, 5.74) is 0.0693. The zero-order valence-electron chi connectivity index (χ0n) is 12.3. The van der Waals surface area contributed by atoms with Crippen LogP contribution in [0.1, 0.15) is 42.2 Å². The Balaban J connectivity index is 1.79. The molecule has 0 bridgehead atoms. The van der Waals surface area contributed by atoms with Gasteiger partial charge in [0.05, 0.1) is 5.01 Å². The molecule has 0 aliphatic carbocycles. The molecule has 0 aromatic carbocycles. The summed E-state index contributed by atoms with van der Waals surface area (Å²) < 4.78 is 0. The van der Waals surface area contributed by atoms with Crippen LogP contribution in [0, 0.1) is 5.92 Å². The van der Waals surface area contributed by atoms with Crippen LogP contribution < -0.4 is 5.32 Å². The number of nitrogens with one attached hydrogen (secondary N) is 1. The number of hydrogen-bond donors (Lipinski definition) is 2. The van der Waals surface area contributed by atoms with Gasteiger partial charge in [0.25, 0.3) is 0 Å². The molecule has 1 aromatic heterocycles. The molecular weight excluding hydrogens is 290 g/mol. The van der Waals surface area contributed by atoms with Crippen molar-refractivity contribution in [2.24, 2.45) is 5.92 Å². The predicted octanol–water partition coefficient (Wildman–Crippen LogP) is 2.21. The van der Waals surface area contributed by atoms with Crippen molar-refractivity contribution in [1.29, 1.82) is 0 Å². The Bertz CT molecular complexity index is 517. The number of piperidine rings is 1. The van der Waals surface area contributed by atoms with E-state index in [1.807, 2.05) is 4.90 Å². The molecule has 1 aromatic rings. The number of thiazole rings is 1. The number of nitrogens with zero attached hydrogens (tertiary/aromatic N) is 2. The summed E-state index contributed by atoms with van der Waals surface area (Å²) in [4.78, 5) is 28.8. The smallest absolute Gasteiger partial charge is 0.355 e. The minimum Gasteiger partial charge on any atom is -0.476 e. The Morgan fingerprint density at radius 2 is 2.29 bits per heavy atom. The van der Waals surface area contributed by atoms with Crippen molar-refractivity contribution < 1.29 is 14.7 Å². The highest BCUT2D eigenvalue weighted by molar-refractivity contribution is 7.09. The minimum atomic E-state index is -1.02. The van der Waals surface area contributed by atoms with E-state index in [1.165, 1.54) is 23.1 Å².